The molecule has 0 aliphatic carbocycles. The smallest absolute Gasteiger partial charge is 0.224 e. The molecule has 6 heteroatoms. The van der Waals surface area contributed by atoms with E-state index in [1.165, 1.54) is 0 Å². The third kappa shape index (κ3) is 5.96. The molecule has 0 unspecified atom stereocenters. The Bertz CT molecular complexity index is 598. The molecule has 1 amide bonds. The fourth-order valence-corrected chi connectivity index (χ4v) is 3.01. The lowest BCUT2D eigenvalue weighted by Gasteiger charge is -2.17. The van der Waals surface area contributed by atoms with E-state index in [9.17, 15) is 4.79 Å². The predicted molar refractivity (Wildman–Crippen MR) is 94.4 cm³/mol. The maximum Gasteiger partial charge on any atom is 0.224 e. The molecule has 24 heavy (non-hydrogen) atoms. The van der Waals surface area contributed by atoms with Gasteiger partial charge in [0.2, 0.25) is 5.91 Å². The van der Waals surface area contributed by atoms with Gasteiger partial charge in [-0.05, 0) is 36.1 Å². The number of benzene rings is 1. The van der Waals surface area contributed by atoms with Gasteiger partial charge < -0.3 is 19.9 Å². The maximum atomic E-state index is 12.1. The largest absolute Gasteiger partial charge is 0.494 e. The molecule has 0 spiro atoms. The lowest BCUT2D eigenvalue weighted by molar-refractivity contribution is -0.121. The molecular formula is C18H23NO4S. The zero-order chi connectivity index (χ0) is 17.2. The first-order valence-electron chi connectivity index (χ1n) is 7.97. The van der Waals surface area contributed by atoms with Crippen LogP contribution in [0.15, 0.2) is 41.8 Å². The number of aliphatic hydroxyl groups is 1. The third-order valence-electron chi connectivity index (χ3n) is 3.35. The Morgan fingerprint density at radius 2 is 2.08 bits per heavy atom. The number of nitrogens with one attached hydrogen (secondary N) is 1. The Hall–Kier alpha value is -1.89. The highest BCUT2D eigenvalue weighted by atomic mass is 32.1. The molecule has 0 bridgehead atoms. The summed E-state index contributed by atoms with van der Waals surface area (Å²) >= 11 is 1.57. The van der Waals surface area contributed by atoms with E-state index in [0.717, 1.165) is 16.2 Å². The van der Waals surface area contributed by atoms with Crippen molar-refractivity contribution < 1.29 is 19.4 Å². The van der Waals surface area contributed by atoms with E-state index >= 15 is 0 Å². The third-order valence-corrected chi connectivity index (χ3v) is 4.32. The highest BCUT2D eigenvalue weighted by Gasteiger charge is 2.14. The first-order chi connectivity index (χ1) is 11.7. The maximum absolute atomic E-state index is 12.1. The standard InChI is InChI=1S/C18H23NO4S/c1-2-22-15-7-5-14(6-8-15)12-18(21)19-13-16(23-10-9-20)17-4-3-11-24-17/h3-8,11,16,20H,2,9-10,12-13H2,1H3,(H,19,21)/t16-/m0/s1. The fraction of sp³-hybridized carbons (Fsp3) is 0.389. The quantitative estimate of drug-likeness (QED) is 0.692. The number of hydrogen-bond acceptors (Lipinski definition) is 5. The van der Waals surface area contributed by atoms with Crippen LogP contribution in [0.5, 0.6) is 5.75 Å². The minimum Gasteiger partial charge on any atom is -0.494 e. The molecule has 0 saturated carbocycles. The predicted octanol–water partition coefficient (Wildman–Crippen LogP) is 2.56. The minimum absolute atomic E-state index is 0.0397. The summed E-state index contributed by atoms with van der Waals surface area (Å²) in [6, 6.07) is 11.4. The summed E-state index contributed by atoms with van der Waals surface area (Å²) in [5, 5.41) is 13.8. The molecular weight excluding hydrogens is 326 g/mol. The van der Waals surface area contributed by atoms with Gasteiger partial charge in [0.15, 0.2) is 0 Å². The van der Waals surface area contributed by atoms with Crippen LogP contribution >= 0.6 is 11.3 Å². The van der Waals surface area contributed by atoms with Crippen molar-refractivity contribution in [2.24, 2.45) is 0 Å². The van der Waals surface area contributed by atoms with Crippen LogP contribution in [0.3, 0.4) is 0 Å². The van der Waals surface area contributed by atoms with Crippen molar-refractivity contribution in [1.82, 2.24) is 5.32 Å². The summed E-state index contributed by atoms with van der Waals surface area (Å²) in [7, 11) is 0. The topological polar surface area (TPSA) is 67.8 Å². The average molecular weight is 349 g/mol. The number of amides is 1. The number of ether oxygens (including phenoxy) is 2. The lowest BCUT2D eigenvalue weighted by atomic mass is 10.1. The van der Waals surface area contributed by atoms with Gasteiger partial charge in [-0.2, -0.15) is 0 Å². The van der Waals surface area contributed by atoms with E-state index in [1.54, 1.807) is 11.3 Å². The van der Waals surface area contributed by atoms with Crippen LogP contribution in [0.1, 0.15) is 23.5 Å². The zero-order valence-electron chi connectivity index (χ0n) is 13.7. The van der Waals surface area contributed by atoms with Crippen molar-refractivity contribution in [2.75, 3.05) is 26.4 Å². The minimum atomic E-state index is -0.235. The van der Waals surface area contributed by atoms with Crippen molar-refractivity contribution >= 4 is 17.2 Å². The summed E-state index contributed by atoms with van der Waals surface area (Å²) in [5.74, 6) is 0.741. The fourth-order valence-electron chi connectivity index (χ4n) is 2.24. The van der Waals surface area contributed by atoms with Gasteiger partial charge in [-0.15, -0.1) is 11.3 Å². The molecule has 5 nitrogen and oxygen atoms in total. The highest BCUT2D eigenvalue weighted by molar-refractivity contribution is 7.10. The van der Waals surface area contributed by atoms with Gasteiger partial charge in [-0.25, -0.2) is 0 Å². The van der Waals surface area contributed by atoms with Crippen molar-refractivity contribution in [3.8, 4) is 5.75 Å². The molecule has 1 heterocycles. The second kappa shape index (κ2) is 10.1. The molecule has 0 fully saturated rings. The molecule has 2 N–H and O–H groups in total. The second-order valence-corrected chi connectivity index (χ2v) is 6.14. The van der Waals surface area contributed by atoms with Crippen LogP contribution in [0.2, 0.25) is 0 Å². The summed E-state index contributed by atoms with van der Waals surface area (Å²) in [6.45, 7) is 3.15. The number of carbonyl (C=O) groups is 1. The van der Waals surface area contributed by atoms with Gasteiger partial charge in [0, 0.05) is 11.4 Å². The van der Waals surface area contributed by atoms with E-state index in [1.807, 2.05) is 48.7 Å². The van der Waals surface area contributed by atoms with Crippen molar-refractivity contribution in [2.45, 2.75) is 19.4 Å². The Morgan fingerprint density at radius 1 is 1.29 bits per heavy atom. The summed E-state index contributed by atoms with van der Waals surface area (Å²) < 4.78 is 11.0. The molecule has 1 aromatic carbocycles. The molecule has 1 atom stereocenters. The zero-order valence-corrected chi connectivity index (χ0v) is 14.6. The SMILES string of the molecule is CCOc1ccc(CC(=O)NC[C@H](OCCO)c2cccs2)cc1. The van der Waals surface area contributed by atoms with E-state index in [4.69, 9.17) is 14.6 Å². The van der Waals surface area contributed by atoms with Crippen LogP contribution in [0.25, 0.3) is 0 Å². The van der Waals surface area contributed by atoms with Crippen LogP contribution < -0.4 is 10.1 Å². The van der Waals surface area contributed by atoms with Crippen molar-refractivity contribution in [3.63, 3.8) is 0 Å². The molecule has 0 aliphatic heterocycles. The monoisotopic (exact) mass is 349 g/mol. The molecule has 0 aliphatic rings. The van der Waals surface area contributed by atoms with Gasteiger partial charge in [0.1, 0.15) is 11.9 Å². The summed E-state index contributed by atoms with van der Waals surface area (Å²) in [5.41, 5.74) is 0.930. The first kappa shape index (κ1) is 18.4. The average Bonchev–Trinajstić information content (AvgIpc) is 3.11. The number of hydrogen-bond donors (Lipinski definition) is 2. The van der Waals surface area contributed by atoms with Gasteiger partial charge >= 0.3 is 0 Å². The van der Waals surface area contributed by atoms with Crippen LogP contribution in [-0.2, 0) is 16.0 Å². The molecule has 130 valence electrons. The van der Waals surface area contributed by atoms with Crippen molar-refractivity contribution in [3.05, 3.63) is 52.2 Å². The molecule has 2 aromatic rings. The Labute approximate surface area is 146 Å². The lowest BCUT2D eigenvalue weighted by Crippen LogP contribution is -2.30. The van der Waals surface area contributed by atoms with E-state index in [-0.39, 0.29) is 25.2 Å². The summed E-state index contributed by atoms with van der Waals surface area (Å²) in [6.07, 6.45) is 0.0743. The van der Waals surface area contributed by atoms with Gasteiger partial charge in [-0.1, -0.05) is 18.2 Å². The normalized spacial score (nSPS) is 11.9. The molecule has 0 saturated heterocycles. The second-order valence-electron chi connectivity index (χ2n) is 5.16. The van der Waals surface area contributed by atoms with Gasteiger partial charge in [-0.3, -0.25) is 4.79 Å². The number of thiophene rings is 1. The Kier molecular flexibility index (Phi) is 7.74. The highest BCUT2D eigenvalue weighted by Crippen LogP contribution is 2.21. The first-order valence-corrected chi connectivity index (χ1v) is 8.85. The summed E-state index contributed by atoms with van der Waals surface area (Å²) in [4.78, 5) is 13.2. The molecule has 2 rings (SSSR count). The van der Waals surface area contributed by atoms with Crippen LogP contribution in [0, 0.1) is 0 Å². The number of aliphatic hydroxyl groups excluding tert-OH is 1. The molecule has 0 radical (unpaired) electrons. The van der Waals surface area contributed by atoms with E-state index < -0.39 is 0 Å². The van der Waals surface area contributed by atoms with Crippen LogP contribution in [0.4, 0.5) is 0 Å². The number of carbonyl (C=O) groups excluding carboxylic acids is 1. The Morgan fingerprint density at radius 3 is 2.71 bits per heavy atom. The van der Waals surface area contributed by atoms with Crippen LogP contribution in [-0.4, -0.2) is 37.4 Å². The molecule has 1 aromatic heterocycles. The van der Waals surface area contributed by atoms with Crippen molar-refractivity contribution in [1.29, 1.82) is 0 Å². The van der Waals surface area contributed by atoms with Gasteiger partial charge in [0.05, 0.1) is 26.2 Å². The van der Waals surface area contributed by atoms with E-state index in [0.29, 0.717) is 19.6 Å². The van der Waals surface area contributed by atoms with Gasteiger partial charge in [0.25, 0.3) is 0 Å². The number of rotatable bonds is 10. The van der Waals surface area contributed by atoms with E-state index in [2.05, 4.69) is 5.32 Å². The Balaban J connectivity index is 1.84.